The fraction of sp³-hybridized carbons (Fsp3) is 0.538. The summed E-state index contributed by atoms with van der Waals surface area (Å²) in [7, 11) is 0. The summed E-state index contributed by atoms with van der Waals surface area (Å²) in [6, 6.07) is 17.1. The van der Waals surface area contributed by atoms with Crippen molar-refractivity contribution >= 4 is 11.8 Å². The Morgan fingerprint density at radius 2 is 0.956 bits per heavy atom. The Bertz CT molecular complexity index is 1340. The molecule has 0 bridgehead atoms. The van der Waals surface area contributed by atoms with Gasteiger partial charge in [-0.25, -0.2) is 4.79 Å². The minimum absolute atomic E-state index is 0.105. The van der Waals surface area contributed by atoms with Crippen LogP contribution in [-0.4, -0.2) is 42.8 Å². The molecular weight excluding hydrogens is 564 g/mol. The number of ether oxygens (including phenoxy) is 4. The van der Waals surface area contributed by atoms with E-state index in [1.165, 1.54) is 11.1 Å². The SMILES string of the molecule is C=C(C)C(=O)OC(C)(C)CCOC(C)(C)c1ccc(C(C)(C)c2ccc(C(C)(C)OCCOC(C)(C)C(=O)C(=C)C)cc2)cc1. The van der Waals surface area contributed by atoms with E-state index in [-0.39, 0.29) is 17.2 Å². The molecule has 2 aromatic carbocycles. The summed E-state index contributed by atoms with van der Waals surface area (Å²) in [6.07, 6.45) is 0.570. The summed E-state index contributed by atoms with van der Waals surface area (Å²) in [4.78, 5) is 24.2. The maximum atomic E-state index is 12.3. The second-order valence-corrected chi connectivity index (χ2v) is 14.6. The molecule has 0 atom stereocenters. The van der Waals surface area contributed by atoms with Crippen LogP contribution in [0.2, 0.25) is 0 Å². The highest BCUT2D eigenvalue weighted by molar-refractivity contribution is 6.00. The molecule has 2 aromatic rings. The molecule has 0 aliphatic rings. The first kappa shape index (κ1) is 38.1. The van der Waals surface area contributed by atoms with Gasteiger partial charge < -0.3 is 18.9 Å². The normalized spacial score (nSPS) is 13.0. The number of hydrogen-bond acceptors (Lipinski definition) is 6. The smallest absolute Gasteiger partial charge is 0.333 e. The Morgan fingerprint density at radius 3 is 1.36 bits per heavy atom. The highest BCUT2D eigenvalue weighted by atomic mass is 16.6. The van der Waals surface area contributed by atoms with Crippen LogP contribution in [0.15, 0.2) is 72.8 Å². The average Bonchev–Trinajstić information content (AvgIpc) is 2.94. The van der Waals surface area contributed by atoms with E-state index in [4.69, 9.17) is 18.9 Å². The van der Waals surface area contributed by atoms with Crippen LogP contribution in [0.3, 0.4) is 0 Å². The number of ketones is 1. The lowest BCUT2D eigenvalue weighted by Gasteiger charge is -2.31. The first-order valence-electron chi connectivity index (χ1n) is 15.7. The minimum Gasteiger partial charge on any atom is -0.456 e. The monoisotopic (exact) mass is 620 g/mol. The fourth-order valence-electron chi connectivity index (χ4n) is 5.02. The number of benzene rings is 2. The van der Waals surface area contributed by atoms with Crippen molar-refractivity contribution < 1.29 is 28.5 Å². The molecule has 45 heavy (non-hydrogen) atoms. The lowest BCUT2D eigenvalue weighted by Crippen LogP contribution is -2.37. The molecule has 6 nitrogen and oxygen atoms in total. The van der Waals surface area contributed by atoms with Gasteiger partial charge in [0.1, 0.15) is 11.2 Å². The van der Waals surface area contributed by atoms with E-state index in [1.807, 2.05) is 27.7 Å². The van der Waals surface area contributed by atoms with Gasteiger partial charge in [0.15, 0.2) is 5.78 Å². The first-order valence-corrected chi connectivity index (χ1v) is 15.7. The Balaban J connectivity index is 2.03. The van der Waals surface area contributed by atoms with Crippen molar-refractivity contribution in [3.05, 3.63) is 95.1 Å². The van der Waals surface area contributed by atoms with Gasteiger partial charge in [-0.05, 0) is 97.1 Å². The number of carbonyl (C=O) groups excluding carboxylic acids is 2. The molecule has 0 aromatic heterocycles. The number of hydrogen-bond donors (Lipinski definition) is 0. The molecule has 2 rings (SSSR count). The molecule has 0 saturated carbocycles. The predicted molar refractivity (Wildman–Crippen MR) is 182 cm³/mol. The third-order valence-electron chi connectivity index (χ3n) is 8.43. The van der Waals surface area contributed by atoms with E-state index >= 15 is 0 Å². The number of rotatable bonds is 17. The molecule has 0 saturated heterocycles. The zero-order valence-corrected chi connectivity index (χ0v) is 29.8. The topological polar surface area (TPSA) is 71.1 Å². The van der Waals surface area contributed by atoms with Gasteiger partial charge in [-0.15, -0.1) is 0 Å². The molecule has 0 fully saturated rings. The molecule has 0 radical (unpaired) electrons. The van der Waals surface area contributed by atoms with Gasteiger partial charge in [-0.2, -0.15) is 0 Å². The molecule has 0 aliphatic heterocycles. The van der Waals surface area contributed by atoms with Gasteiger partial charge in [0.05, 0.1) is 31.0 Å². The molecule has 0 heterocycles. The van der Waals surface area contributed by atoms with Crippen LogP contribution >= 0.6 is 0 Å². The minimum atomic E-state index is -0.923. The van der Waals surface area contributed by atoms with Crippen molar-refractivity contribution in [1.29, 1.82) is 0 Å². The molecule has 0 aliphatic carbocycles. The predicted octanol–water partition coefficient (Wildman–Crippen LogP) is 8.74. The summed E-state index contributed by atoms with van der Waals surface area (Å²) >= 11 is 0. The van der Waals surface area contributed by atoms with Crippen molar-refractivity contribution in [3.8, 4) is 0 Å². The summed E-state index contributed by atoms with van der Waals surface area (Å²) in [5.74, 6) is -0.491. The van der Waals surface area contributed by atoms with Crippen LogP contribution in [0.5, 0.6) is 0 Å². The number of esters is 1. The van der Waals surface area contributed by atoms with Gasteiger partial charge in [-0.3, -0.25) is 4.79 Å². The van der Waals surface area contributed by atoms with Crippen molar-refractivity contribution in [3.63, 3.8) is 0 Å². The quantitative estimate of drug-likeness (QED) is 0.100. The second-order valence-electron chi connectivity index (χ2n) is 14.6. The molecule has 0 spiro atoms. The maximum Gasteiger partial charge on any atom is 0.333 e. The molecule has 0 amide bonds. The van der Waals surface area contributed by atoms with Gasteiger partial charge in [0.25, 0.3) is 0 Å². The lowest BCUT2D eigenvalue weighted by atomic mass is 9.77. The van der Waals surface area contributed by atoms with Gasteiger partial charge in [0, 0.05) is 17.4 Å². The van der Waals surface area contributed by atoms with Crippen molar-refractivity contribution in [2.24, 2.45) is 0 Å². The number of carbonyl (C=O) groups is 2. The summed E-state index contributed by atoms with van der Waals surface area (Å²) < 4.78 is 23.8. The van der Waals surface area contributed by atoms with Crippen LogP contribution in [0.1, 0.15) is 112 Å². The third kappa shape index (κ3) is 10.5. The largest absolute Gasteiger partial charge is 0.456 e. The van der Waals surface area contributed by atoms with E-state index in [1.54, 1.807) is 27.7 Å². The maximum absolute atomic E-state index is 12.3. The molecule has 0 unspecified atom stereocenters. The summed E-state index contributed by atoms with van der Waals surface area (Å²) in [6.45, 7) is 31.8. The van der Waals surface area contributed by atoms with Crippen molar-refractivity contribution in [2.45, 2.75) is 117 Å². The van der Waals surface area contributed by atoms with Crippen LogP contribution in [0.4, 0.5) is 0 Å². The highest BCUT2D eigenvalue weighted by Gasteiger charge is 2.31. The zero-order chi connectivity index (χ0) is 34.4. The third-order valence-corrected chi connectivity index (χ3v) is 8.43. The van der Waals surface area contributed by atoms with E-state index in [0.717, 1.165) is 11.1 Å². The Labute approximate surface area is 272 Å². The molecular formula is C39H56O6. The Morgan fingerprint density at radius 1 is 0.578 bits per heavy atom. The molecule has 248 valence electrons. The van der Waals surface area contributed by atoms with Gasteiger partial charge in [-0.1, -0.05) is 75.5 Å². The fourth-order valence-corrected chi connectivity index (χ4v) is 5.02. The average molecular weight is 621 g/mol. The lowest BCUT2D eigenvalue weighted by molar-refractivity contribution is -0.154. The van der Waals surface area contributed by atoms with Crippen LogP contribution in [0.25, 0.3) is 0 Å². The van der Waals surface area contributed by atoms with Crippen LogP contribution < -0.4 is 0 Å². The highest BCUT2D eigenvalue weighted by Crippen LogP contribution is 2.35. The Kier molecular flexibility index (Phi) is 12.3. The van der Waals surface area contributed by atoms with Crippen molar-refractivity contribution in [1.82, 2.24) is 0 Å². The second kappa shape index (κ2) is 14.6. The molecule has 6 heteroatoms. The van der Waals surface area contributed by atoms with Gasteiger partial charge in [0.2, 0.25) is 0 Å². The van der Waals surface area contributed by atoms with Crippen LogP contribution in [-0.2, 0) is 45.2 Å². The zero-order valence-electron chi connectivity index (χ0n) is 29.8. The van der Waals surface area contributed by atoms with E-state index in [9.17, 15) is 9.59 Å². The van der Waals surface area contributed by atoms with Crippen LogP contribution in [0, 0.1) is 0 Å². The summed E-state index contributed by atoms with van der Waals surface area (Å²) in [5, 5.41) is 0. The summed E-state index contributed by atoms with van der Waals surface area (Å²) in [5.41, 5.74) is 2.57. The van der Waals surface area contributed by atoms with Gasteiger partial charge >= 0.3 is 5.97 Å². The first-order chi connectivity index (χ1) is 20.5. The van der Waals surface area contributed by atoms with E-state index in [0.29, 0.717) is 37.4 Å². The molecule has 0 N–H and O–H groups in total. The number of Topliss-reactive ketones (excluding diaryl/α,β-unsaturated/α-hetero) is 1. The standard InChI is InChI=1S/C39H56O6/c1-27(2)33(40)39(13,14)44-26-25-43-38(11,12)32-21-17-30(18-22-32)36(7,8)29-15-19-31(20-16-29)37(9,10)42-24-23-35(5,6)45-34(41)28(3)4/h15-22H,1,3,23-26H2,2,4-14H3. The Hall–Kier alpha value is -3.06. The van der Waals surface area contributed by atoms with E-state index < -0.39 is 22.4 Å². The van der Waals surface area contributed by atoms with Crippen molar-refractivity contribution in [2.75, 3.05) is 19.8 Å². The van der Waals surface area contributed by atoms with E-state index in [2.05, 4.69) is 89.4 Å².